The van der Waals surface area contributed by atoms with Gasteiger partial charge in [-0.25, -0.2) is 0 Å². The fourth-order valence-electron chi connectivity index (χ4n) is 1.90. The molecule has 1 aromatic rings. The van der Waals surface area contributed by atoms with Gasteiger partial charge in [0, 0.05) is 31.0 Å². The average molecular weight is 306 g/mol. The first-order chi connectivity index (χ1) is 10.5. The van der Waals surface area contributed by atoms with E-state index in [0.717, 1.165) is 0 Å². The van der Waals surface area contributed by atoms with Crippen LogP contribution in [-0.2, 0) is 9.59 Å². The maximum atomic E-state index is 11.7. The van der Waals surface area contributed by atoms with E-state index in [9.17, 15) is 14.4 Å². The number of rotatable bonds is 9. The van der Waals surface area contributed by atoms with Crippen LogP contribution in [-0.4, -0.2) is 35.5 Å². The zero-order chi connectivity index (χ0) is 16.4. The Balaban J connectivity index is 2.15. The van der Waals surface area contributed by atoms with Crippen molar-refractivity contribution in [3.63, 3.8) is 0 Å². The van der Waals surface area contributed by atoms with Gasteiger partial charge in [0.25, 0.3) is 5.91 Å². The Hall–Kier alpha value is -2.37. The molecule has 0 heterocycles. The van der Waals surface area contributed by atoms with Crippen LogP contribution in [0, 0.1) is 0 Å². The van der Waals surface area contributed by atoms with E-state index in [2.05, 4.69) is 10.6 Å². The van der Waals surface area contributed by atoms with Crippen LogP contribution in [0.4, 0.5) is 0 Å². The molecule has 6 heteroatoms. The summed E-state index contributed by atoms with van der Waals surface area (Å²) in [6, 6.07) is 8.72. The van der Waals surface area contributed by atoms with Crippen molar-refractivity contribution in [2.75, 3.05) is 6.54 Å². The second-order valence-electron chi connectivity index (χ2n) is 5.13. The molecule has 0 fully saturated rings. The second kappa shape index (κ2) is 9.55. The summed E-state index contributed by atoms with van der Waals surface area (Å²) in [6.07, 6.45) is 1.28. The quantitative estimate of drug-likeness (QED) is 0.603. The number of carboxylic acid groups (broad SMARTS) is 1. The maximum absolute atomic E-state index is 11.7. The molecule has 0 bridgehead atoms. The Morgan fingerprint density at radius 2 is 1.82 bits per heavy atom. The van der Waals surface area contributed by atoms with Crippen LogP contribution < -0.4 is 10.6 Å². The molecule has 0 aliphatic carbocycles. The van der Waals surface area contributed by atoms with Crippen molar-refractivity contribution in [1.29, 1.82) is 0 Å². The molecule has 3 N–H and O–H groups in total. The lowest BCUT2D eigenvalue weighted by atomic mass is 10.1. The normalized spacial score (nSPS) is 11.5. The van der Waals surface area contributed by atoms with E-state index in [1.165, 1.54) is 0 Å². The number of benzene rings is 1. The van der Waals surface area contributed by atoms with Crippen LogP contribution in [0.25, 0.3) is 0 Å². The molecular formula is C16H22N2O4. The molecule has 0 aliphatic rings. The van der Waals surface area contributed by atoms with Crippen molar-refractivity contribution < 1.29 is 19.5 Å². The van der Waals surface area contributed by atoms with Gasteiger partial charge < -0.3 is 15.7 Å². The monoisotopic (exact) mass is 306 g/mol. The minimum absolute atomic E-state index is 0.0363. The first-order valence-electron chi connectivity index (χ1n) is 7.33. The highest BCUT2D eigenvalue weighted by Gasteiger charge is 2.09. The van der Waals surface area contributed by atoms with Gasteiger partial charge in [0.05, 0.1) is 0 Å². The summed E-state index contributed by atoms with van der Waals surface area (Å²) >= 11 is 0. The minimum Gasteiger partial charge on any atom is -0.481 e. The number of nitrogens with one attached hydrogen (secondary N) is 2. The number of carbonyl (C=O) groups is 3. The first kappa shape index (κ1) is 17.7. The molecule has 0 spiro atoms. The number of hydrogen-bond acceptors (Lipinski definition) is 3. The highest BCUT2D eigenvalue weighted by atomic mass is 16.4. The Morgan fingerprint density at radius 1 is 1.14 bits per heavy atom. The topological polar surface area (TPSA) is 95.5 Å². The maximum Gasteiger partial charge on any atom is 0.303 e. The van der Waals surface area contributed by atoms with E-state index in [1.54, 1.807) is 31.2 Å². The second-order valence-corrected chi connectivity index (χ2v) is 5.13. The smallest absolute Gasteiger partial charge is 0.303 e. The summed E-state index contributed by atoms with van der Waals surface area (Å²) in [5, 5.41) is 14.1. The Morgan fingerprint density at radius 3 is 2.45 bits per heavy atom. The molecule has 0 radical (unpaired) electrons. The molecular weight excluding hydrogens is 284 g/mol. The standard InChI is InChI=1S/C16H22N2O4/c1-12(9-10-15(20)21)18-14(19)8-5-11-17-16(22)13-6-3-2-4-7-13/h2-4,6-7,12H,5,8-11H2,1H3,(H,17,22)(H,18,19)(H,20,21). The van der Waals surface area contributed by atoms with Crippen LogP contribution in [0.15, 0.2) is 30.3 Å². The molecule has 120 valence electrons. The molecule has 1 aromatic carbocycles. The third-order valence-electron chi connectivity index (χ3n) is 3.10. The summed E-state index contributed by atoms with van der Waals surface area (Å²) in [7, 11) is 0. The Labute approximate surface area is 129 Å². The molecule has 1 atom stereocenters. The summed E-state index contributed by atoms with van der Waals surface area (Å²) in [6.45, 7) is 2.20. The van der Waals surface area contributed by atoms with Gasteiger partial charge in [-0.05, 0) is 31.9 Å². The lowest BCUT2D eigenvalue weighted by Crippen LogP contribution is -2.33. The van der Waals surface area contributed by atoms with Gasteiger partial charge in [-0.15, -0.1) is 0 Å². The zero-order valence-corrected chi connectivity index (χ0v) is 12.7. The van der Waals surface area contributed by atoms with E-state index in [4.69, 9.17) is 5.11 Å². The number of carbonyl (C=O) groups excluding carboxylic acids is 2. The molecule has 0 saturated heterocycles. The van der Waals surface area contributed by atoms with Gasteiger partial charge in [-0.1, -0.05) is 18.2 Å². The number of aliphatic carboxylic acids is 1. The highest BCUT2D eigenvalue weighted by Crippen LogP contribution is 1.99. The molecule has 2 amide bonds. The predicted molar refractivity (Wildman–Crippen MR) is 82.5 cm³/mol. The largest absolute Gasteiger partial charge is 0.481 e. The predicted octanol–water partition coefficient (Wildman–Crippen LogP) is 1.57. The van der Waals surface area contributed by atoms with Gasteiger partial charge in [0.1, 0.15) is 0 Å². The SMILES string of the molecule is CC(CCC(=O)O)NC(=O)CCCNC(=O)c1ccccc1. The van der Waals surface area contributed by atoms with Gasteiger partial charge >= 0.3 is 5.97 Å². The van der Waals surface area contributed by atoms with Gasteiger partial charge in [-0.2, -0.15) is 0 Å². The van der Waals surface area contributed by atoms with Crippen molar-refractivity contribution in [3.8, 4) is 0 Å². The van der Waals surface area contributed by atoms with E-state index in [0.29, 0.717) is 31.4 Å². The van der Waals surface area contributed by atoms with Crippen molar-refractivity contribution in [2.24, 2.45) is 0 Å². The summed E-state index contributed by atoms with van der Waals surface area (Å²) < 4.78 is 0. The van der Waals surface area contributed by atoms with E-state index >= 15 is 0 Å². The Bertz CT molecular complexity index is 502. The number of amides is 2. The van der Waals surface area contributed by atoms with Crippen LogP contribution in [0.3, 0.4) is 0 Å². The molecule has 0 aromatic heterocycles. The van der Waals surface area contributed by atoms with Crippen LogP contribution in [0.1, 0.15) is 43.0 Å². The first-order valence-corrected chi connectivity index (χ1v) is 7.33. The lowest BCUT2D eigenvalue weighted by molar-refractivity contribution is -0.137. The zero-order valence-electron chi connectivity index (χ0n) is 12.7. The summed E-state index contributed by atoms with van der Waals surface area (Å²) in [5.74, 6) is -1.16. The highest BCUT2D eigenvalue weighted by molar-refractivity contribution is 5.94. The number of hydrogen-bond donors (Lipinski definition) is 3. The molecule has 6 nitrogen and oxygen atoms in total. The lowest BCUT2D eigenvalue weighted by Gasteiger charge is -2.12. The summed E-state index contributed by atoms with van der Waals surface area (Å²) in [4.78, 5) is 33.8. The van der Waals surface area contributed by atoms with Crippen LogP contribution >= 0.6 is 0 Å². The molecule has 1 rings (SSSR count). The molecule has 1 unspecified atom stereocenters. The average Bonchev–Trinajstić information content (AvgIpc) is 2.50. The number of carboxylic acids is 1. The van der Waals surface area contributed by atoms with Gasteiger partial charge in [0.2, 0.25) is 5.91 Å². The molecule has 22 heavy (non-hydrogen) atoms. The van der Waals surface area contributed by atoms with Crippen molar-refractivity contribution in [2.45, 2.75) is 38.6 Å². The van der Waals surface area contributed by atoms with Crippen LogP contribution in [0.5, 0.6) is 0 Å². The molecule has 0 aliphatic heterocycles. The van der Waals surface area contributed by atoms with Crippen molar-refractivity contribution >= 4 is 17.8 Å². The van der Waals surface area contributed by atoms with Crippen LogP contribution in [0.2, 0.25) is 0 Å². The fraction of sp³-hybridized carbons (Fsp3) is 0.438. The minimum atomic E-state index is -0.871. The van der Waals surface area contributed by atoms with Crippen molar-refractivity contribution in [3.05, 3.63) is 35.9 Å². The van der Waals surface area contributed by atoms with Gasteiger partial charge in [0.15, 0.2) is 0 Å². The molecule has 0 saturated carbocycles. The van der Waals surface area contributed by atoms with E-state index < -0.39 is 5.97 Å². The third-order valence-corrected chi connectivity index (χ3v) is 3.10. The van der Waals surface area contributed by atoms with Gasteiger partial charge in [-0.3, -0.25) is 14.4 Å². The fourth-order valence-corrected chi connectivity index (χ4v) is 1.90. The van der Waals surface area contributed by atoms with E-state index in [-0.39, 0.29) is 24.3 Å². The van der Waals surface area contributed by atoms with E-state index in [1.807, 2.05) is 6.07 Å². The third kappa shape index (κ3) is 7.42. The Kier molecular flexibility index (Phi) is 7.67. The van der Waals surface area contributed by atoms with Crippen molar-refractivity contribution in [1.82, 2.24) is 10.6 Å². The summed E-state index contributed by atoms with van der Waals surface area (Å²) in [5.41, 5.74) is 0.592.